The second-order valence-electron chi connectivity index (χ2n) is 3.76. The van der Waals surface area contributed by atoms with E-state index in [0.717, 1.165) is 12.1 Å². The van der Waals surface area contributed by atoms with Gasteiger partial charge in [0.05, 0.1) is 18.4 Å². The predicted molar refractivity (Wildman–Crippen MR) is 57.8 cm³/mol. The van der Waals surface area contributed by atoms with Crippen molar-refractivity contribution < 1.29 is 13.6 Å². The van der Waals surface area contributed by atoms with Crippen molar-refractivity contribution in [2.45, 2.75) is 13.3 Å². The van der Waals surface area contributed by atoms with Crippen LogP contribution in [0.1, 0.15) is 12.5 Å². The lowest BCUT2D eigenvalue weighted by molar-refractivity contribution is -0.120. The summed E-state index contributed by atoms with van der Waals surface area (Å²) < 4.78 is 25.5. The molecule has 1 N–H and O–H groups in total. The van der Waals surface area contributed by atoms with Gasteiger partial charge in [0, 0.05) is 6.54 Å². The maximum absolute atomic E-state index is 12.8. The molecule has 0 spiro atoms. The molecule has 0 radical (unpaired) electrons. The summed E-state index contributed by atoms with van der Waals surface area (Å²) in [6.45, 7) is 1.93. The van der Waals surface area contributed by atoms with Crippen molar-refractivity contribution in [1.29, 1.82) is 5.26 Å². The number of nitriles is 1. The number of carbonyl (C=O) groups excluding carboxylic acids is 1. The highest BCUT2D eigenvalue weighted by molar-refractivity contribution is 5.78. The van der Waals surface area contributed by atoms with Crippen LogP contribution in [0, 0.1) is 28.9 Å². The number of benzene rings is 1. The topological polar surface area (TPSA) is 52.9 Å². The van der Waals surface area contributed by atoms with E-state index in [1.807, 2.05) is 6.07 Å². The average Bonchev–Trinajstić information content (AvgIpc) is 2.31. The number of nitrogens with zero attached hydrogens (tertiary/aromatic N) is 1. The van der Waals surface area contributed by atoms with Gasteiger partial charge < -0.3 is 5.32 Å². The van der Waals surface area contributed by atoms with E-state index >= 15 is 0 Å². The first-order chi connectivity index (χ1) is 8.02. The van der Waals surface area contributed by atoms with Crippen LogP contribution in [0.5, 0.6) is 0 Å². The second kappa shape index (κ2) is 5.94. The lowest BCUT2D eigenvalue weighted by atomic mass is 10.1. The number of hydrogen-bond acceptors (Lipinski definition) is 2. The van der Waals surface area contributed by atoms with Gasteiger partial charge >= 0.3 is 0 Å². The van der Waals surface area contributed by atoms with E-state index in [4.69, 9.17) is 5.26 Å². The van der Waals surface area contributed by atoms with Crippen LogP contribution in [0.2, 0.25) is 0 Å². The quantitative estimate of drug-likeness (QED) is 0.869. The molecule has 1 rings (SSSR count). The number of amides is 1. The molecule has 0 saturated heterocycles. The summed E-state index contributed by atoms with van der Waals surface area (Å²) in [5.41, 5.74) is 0.394. The lowest BCUT2D eigenvalue weighted by Gasteiger charge is -2.06. The van der Waals surface area contributed by atoms with Crippen LogP contribution in [0.3, 0.4) is 0 Å². The fourth-order valence-electron chi connectivity index (χ4n) is 1.21. The molecule has 1 aromatic carbocycles. The molecule has 0 saturated carbocycles. The van der Waals surface area contributed by atoms with Crippen molar-refractivity contribution in [1.82, 2.24) is 5.32 Å². The Labute approximate surface area is 98.1 Å². The van der Waals surface area contributed by atoms with Crippen molar-refractivity contribution in [2.24, 2.45) is 5.92 Å². The first kappa shape index (κ1) is 13.1. The molecule has 0 bridgehead atoms. The molecular formula is C12H12F2N2O. The molecule has 0 aromatic heterocycles. The van der Waals surface area contributed by atoms with Gasteiger partial charge in [-0.25, -0.2) is 8.78 Å². The molecule has 1 unspecified atom stereocenters. The van der Waals surface area contributed by atoms with Crippen LogP contribution in [0.15, 0.2) is 18.2 Å². The molecule has 3 nitrogen and oxygen atoms in total. The molecular weight excluding hydrogens is 226 g/mol. The van der Waals surface area contributed by atoms with Crippen molar-refractivity contribution in [3.8, 4) is 6.07 Å². The number of nitrogens with one attached hydrogen (secondary N) is 1. The third kappa shape index (κ3) is 4.19. The summed E-state index contributed by atoms with van der Waals surface area (Å²) in [5, 5.41) is 11.1. The van der Waals surface area contributed by atoms with Crippen LogP contribution in [-0.2, 0) is 11.2 Å². The molecule has 0 aliphatic rings. The van der Waals surface area contributed by atoms with Gasteiger partial charge in [0.1, 0.15) is 0 Å². The maximum Gasteiger partial charge on any atom is 0.224 e. The lowest BCUT2D eigenvalue weighted by Crippen LogP contribution is -2.29. The maximum atomic E-state index is 12.8. The summed E-state index contributed by atoms with van der Waals surface area (Å²) in [6.07, 6.45) is -0.0324. The third-order valence-corrected chi connectivity index (χ3v) is 2.17. The highest BCUT2D eigenvalue weighted by atomic mass is 19.2. The number of rotatable bonds is 4. The summed E-state index contributed by atoms with van der Waals surface area (Å²) in [4.78, 5) is 11.4. The Kier molecular flexibility index (Phi) is 4.58. The van der Waals surface area contributed by atoms with Crippen LogP contribution < -0.4 is 5.32 Å². The molecule has 17 heavy (non-hydrogen) atoms. The number of carbonyl (C=O) groups is 1. The minimum Gasteiger partial charge on any atom is -0.355 e. The van der Waals surface area contributed by atoms with Gasteiger partial charge in [0.15, 0.2) is 11.6 Å². The normalized spacial score (nSPS) is 11.6. The van der Waals surface area contributed by atoms with Crippen LogP contribution in [-0.4, -0.2) is 12.5 Å². The molecule has 0 heterocycles. The van der Waals surface area contributed by atoms with Crippen LogP contribution in [0.4, 0.5) is 8.78 Å². The Hall–Kier alpha value is -1.96. The van der Waals surface area contributed by atoms with E-state index in [2.05, 4.69) is 5.32 Å². The van der Waals surface area contributed by atoms with Crippen LogP contribution >= 0.6 is 0 Å². The second-order valence-corrected chi connectivity index (χ2v) is 3.76. The van der Waals surface area contributed by atoms with E-state index < -0.39 is 11.6 Å². The minimum atomic E-state index is -0.972. The first-order valence-electron chi connectivity index (χ1n) is 5.13. The Bertz CT molecular complexity index is 454. The van der Waals surface area contributed by atoms with Gasteiger partial charge in [0.2, 0.25) is 5.91 Å². The highest BCUT2D eigenvalue weighted by Crippen LogP contribution is 2.09. The molecule has 5 heteroatoms. The monoisotopic (exact) mass is 238 g/mol. The zero-order valence-corrected chi connectivity index (χ0v) is 9.34. The number of hydrogen-bond donors (Lipinski definition) is 1. The summed E-state index contributed by atoms with van der Waals surface area (Å²) in [6, 6.07) is 5.30. The molecule has 0 aliphatic heterocycles. The van der Waals surface area contributed by atoms with Crippen molar-refractivity contribution in [2.75, 3.05) is 6.54 Å². The van der Waals surface area contributed by atoms with Crippen molar-refractivity contribution >= 4 is 5.91 Å². The van der Waals surface area contributed by atoms with E-state index in [9.17, 15) is 13.6 Å². The van der Waals surface area contributed by atoms with Gasteiger partial charge in [-0.05, 0) is 24.6 Å². The zero-order valence-electron chi connectivity index (χ0n) is 9.34. The summed E-state index contributed by atoms with van der Waals surface area (Å²) in [5.74, 6) is -2.50. The van der Waals surface area contributed by atoms with Crippen LogP contribution in [0.25, 0.3) is 0 Å². The standard InChI is InChI=1S/C12H12F2N2O/c1-8(6-15)7-16-12(17)5-9-2-3-10(13)11(14)4-9/h2-4,8H,5,7H2,1H3,(H,16,17). The van der Waals surface area contributed by atoms with Gasteiger partial charge in [-0.3, -0.25) is 4.79 Å². The molecule has 1 amide bonds. The fraction of sp³-hybridized carbons (Fsp3) is 0.333. The molecule has 1 aromatic rings. The highest BCUT2D eigenvalue weighted by Gasteiger charge is 2.08. The zero-order chi connectivity index (χ0) is 12.8. The predicted octanol–water partition coefficient (Wildman–Crippen LogP) is 1.78. The van der Waals surface area contributed by atoms with E-state index in [1.54, 1.807) is 6.92 Å². The van der Waals surface area contributed by atoms with Crippen molar-refractivity contribution in [3.63, 3.8) is 0 Å². The van der Waals surface area contributed by atoms with Gasteiger partial charge in [0.25, 0.3) is 0 Å². The Balaban J connectivity index is 2.51. The van der Waals surface area contributed by atoms with Gasteiger partial charge in [-0.2, -0.15) is 5.26 Å². The average molecular weight is 238 g/mol. The van der Waals surface area contributed by atoms with E-state index in [1.165, 1.54) is 6.07 Å². The minimum absolute atomic E-state index is 0.0324. The summed E-state index contributed by atoms with van der Waals surface area (Å²) >= 11 is 0. The smallest absolute Gasteiger partial charge is 0.224 e. The molecule has 1 atom stereocenters. The summed E-state index contributed by atoms with van der Waals surface area (Å²) in [7, 11) is 0. The Morgan fingerprint density at radius 3 is 2.76 bits per heavy atom. The van der Waals surface area contributed by atoms with Crippen molar-refractivity contribution in [3.05, 3.63) is 35.4 Å². The SMILES string of the molecule is CC(C#N)CNC(=O)Cc1ccc(F)c(F)c1. The van der Waals surface area contributed by atoms with Gasteiger partial charge in [-0.15, -0.1) is 0 Å². The van der Waals surface area contributed by atoms with E-state index in [-0.39, 0.29) is 24.8 Å². The van der Waals surface area contributed by atoms with Gasteiger partial charge in [-0.1, -0.05) is 6.07 Å². The number of halogens is 2. The fourth-order valence-corrected chi connectivity index (χ4v) is 1.21. The third-order valence-electron chi connectivity index (χ3n) is 2.17. The Morgan fingerprint density at radius 2 is 2.18 bits per heavy atom. The molecule has 0 fully saturated rings. The molecule has 90 valence electrons. The Morgan fingerprint density at radius 1 is 1.47 bits per heavy atom. The first-order valence-corrected chi connectivity index (χ1v) is 5.13. The van der Waals surface area contributed by atoms with E-state index in [0.29, 0.717) is 5.56 Å². The molecule has 0 aliphatic carbocycles. The largest absolute Gasteiger partial charge is 0.355 e.